The number of nitrogens with one attached hydrogen (secondary N) is 1. The van der Waals surface area contributed by atoms with Crippen molar-refractivity contribution in [1.29, 1.82) is 0 Å². The van der Waals surface area contributed by atoms with Gasteiger partial charge in [0.1, 0.15) is 0 Å². The molecule has 6 nitrogen and oxygen atoms in total. The summed E-state index contributed by atoms with van der Waals surface area (Å²) in [5, 5.41) is 7.37. The number of rotatable bonds is 2. The summed E-state index contributed by atoms with van der Waals surface area (Å²) in [6.07, 6.45) is 7.07. The van der Waals surface area contributed by atoms with E-state index in [0.717, 1.165) is 18.8 Å². The fraction of sp³-hybridized carbons (Fsp3) is 0.545. The zero-order valence-corrected chi connectivity index (χ0v) is 9.76. The molecule has 1 fully saturated rings. The number of aryl methyl sites for hydroxylation is 1. The first kappa shape index (κ1) is 10.5. The molecular formula is C11H15N5O. The second-order valence-corrected chi connectivity index (χ2v) is 4.32. The number of hydrogen-bond acceptors (Lipinski definition) is 5. The largest absolute Gasteiger partial charge is 0.337 e. The average Bonchev–Trinajstić information content (AvgIpc) is 2.98. The van der Waals surface area contributed by atoms with Gasteiger partial charge in [0.05, 0.1) is 6.04 Å². The molecule has 0 saturated carbocycles. The van der Waals surface area contributed by atoms with Gasteiger partial charge in [-0.2, -0.15) is 4.98 Å². The SMILES string of the molecule is Cn1ccnc1-c1noc([C@@H]2CCCCN2)n1. The van der Waals surface area contributed by atoms with Gasteiger partial charge >= 0.3 is 0 Å². The number of nitrogens with zero attached hydrogens (tertiary/aromatic N) is 4. The van der Waals surface area contributed by atoms with Crippen LogP contribution >= 0.6 is 0 Å². The highest BCUT2D eigenvalue weighted by Gasteiger charge is 2.22. The quantitative estimate of drug-likeness (QED) is 0.846. The van der Waals surface area contributed by atoms with Crippen LogP contribution in [-0.4, -0.2) is 26.2 Å². The van der Waals surface area contributed by atoms with Gasteiger partial charge in [0.2, 0.25) is 11.7 Å². The summed E-state index contributed by atoms with van der Waals surface area (Å²) >= 11 is 0. The van der Waals surface area contributed by atoms with Crippen LogP contribution in [0, 0.1) is 0 Å². The molecule has 6 heteroatoms. The lowest BCUT2D eigenvalue weighted by molar-refractivity contribution is 0.297. The third-order valence-electron chi connectivity index (χ3n) is 3.07. The zero-order valence-electron chi connectivity index (χ0n) is 9.76. The molecule has 0 aromatic carbocycles. The van der Waals surface area contributed by atoms with Crippen molar-refractivity contribution in [2.24, 2.45) is 7.05 Å². The molecule has 1 atom stereocenters. The van der Waals surface area contributed by atoms with Gasteiger partial charge in [0, 0.05) is 19.4 Å². The van der Waals surface area contributed by atoms with Crippen LogP contribution in [0.4, 0.5) is 0 Å². The van der Waals surface area contributed by atoms with Gasteiger partial charge in [0.15, 0.2) is 5.82 Å². The maximum Gasteiger partial charge on any atom is 0.244 e. The summed E-state index contributed by atoms with van der Waals surface area (Å²) in [4.78, 5) is 8.62. The number of aromatic nitrogens is 4. The molecule has 0 aliphatic carbocycles. The maximum atomic E-state index is 5.31. The first-order valence-corrected chi connectivity index (χ1v) is 5.89. The summed E-state index contributed by atoms with van der Waals surface area (Å²) in [7, 11) is 1.91. The molecule has 0 bridgehead atoms. The van der Waals surface area contributed by atoms with Crippen molar-refractivity contribution >= 4 is 0 Å². The highest BCUT2D eigenvalue weighted by Crippen LogP contribution is 2.23. The summed E-state index contributed by atoms with van der Waals surface area (Å²) in [6, 6.07) is 0.199. The minimum Gasteiger partial charge on any atom is -0.337 e. The van der Waals surface area contributed by atoms with E-state index >= 15 is 0 Å². The number of hydrogen-bond donors (Lipinski definition) is 1. The van der Waals surface area contributed by atoms with E-state index in [4.69, 9.17) is 4.52 Å². The van der Waals surface area contributed by atoms with E-state index in [1.807, 2.05) is 17.8 Å². The van der Waals surface area contributed by atoms with E-state index < -0.39 is 0 Å². The lowest BCUT2D eigenvalue weighted by Gasteiger charge is -2.19. The Labute approximate surface area is 99.0 Å². The minimum atomic E-state index is 0.199. The molecule has 17 heavy (non-hydrogen) atoms. The average molecular weight is 233 g/mol. The second-order valence-electron chi connectivity index (χ2n) is 4.32. The molecule has 1 saturated heterocycles. The van der Waals surface area contributed by atoms with Crippen LogP contribution in [0.15, 0.2) is 16.9 Å². The molecule has 0 amide bonds. The van der Waals surface area contributed by atoms with Crippen molar-refractivity contribution in [1.82, 2.24) is 25.0 Å². The minimum absolute atomic E-state index is 0.199. The Morgan fingerprint density at radius 2 is 2.41 bits per heavy atom. The number of piperidine rings is 1. The number of imidazole rings is 1. The first-order chi connectivity index (χ1) is 8.34. The Morgan fingerprint density at radius 3 is 3.12 bits per heavy atom. The van der Waals surface area contributed by atoms with Crippen molar-refractivity contribution in [3.05, 3.63) is 18.3 Å². The second kappa shape index (κ2) is 4.29. The molecule has 1 aliphatic rings. The zero-order chi connectivity index (χ0) is 11.7. The predicted octanol–water partition coefficient (Wildman–Crippen LogP) is 1.28. The van der Waals surface area contributed by atoms with E-state index in [-0.39, 0.29) is 6.04 Å². The Hall–Kier alpha value is -1.69. The van der Waals surface area contributed by atoms with Gasteiger partial charge < -0.3 is 14.4 Å². The van der Waals surface area contributed by atoms with E-state index in [9.17, 15) is 0 Å². The van der Waals surface area contributed by atoms with Crippen molar-refractivity contribution in [3.8, 4) is 11.6 Å². The van der Waals surface area contributed by atoms with Gasteiger partial charge in [-0.1, -0.05) is 11.6 Å². The van der Waals surface area contributed by atoms with Crippen molar-refractivity contribution in [2.75, 3.05) is 6.54 Å². The summed E-state index contributed by atoms with van der Waals surface area (Å²) < 4.78 is 7.18. The van der Waals surface area contributed by atoms with Gasteiger partial charge in [-0.25, -0.2) is 4.98 Å². The lowest BCUT2D eigenvalue weighted by atomic mass is 10.1. The monoisotopic (exact) mass is 233 g/mol. The molecule has 3 rings (SSSR count). The Kier molecular flexibility index (Phi) is 2.64. The third kappa shape index (κ3) is 1.95. The molecule has 0 unspecified atom stereocenters. The Morgan fingerprint density at radius 1 is 1.47 bits per heavy atom. The standard InChI is InChI=1S/C11H15N5O/c1-16-7-6-13-10(16)9-14-11(17-15-9)8-4-2-3-5-12-8/h6-8,12H,2-5H2,1H3/t8-/m0/s1. The summed E-state index contributed by atoms with van der Waals surface area (Å²) in [6.45, 7) is 1.02. The van der Waals surface area contributed by atoms with Crippen LogP contribution in [0.3, 0.4) is 0 Å². The van der Waals surface area contributed by atoms with Gasteiger partial charge in [0.25, 0.3) is 0 Å². The van der Waals surface area contributed by atoms with Crippen LogP contribution in [0.2, 0.25) is 0 Å². The molecular weight excluding hydrogens is 218 g/mol. The van der Waals surface area contributed by atoms with E-state index in [2.05, 4.69) is 20.4 Å². The molecule has 0 spiro atoms. The molecule has 0 radical (unpaired) electrons. The fourth-order valence-electron chi connectivity index (χ4n) is 2.11. The first-order valence-electron chi connectivity index (χ1n) is 5.89. The molecule has 90 valence electrons. The van der Waals surface area contributed by atoms with Crippen LogP contribution in [0.1, 0.15) is 31.2 Å². The molecule has 1 N–H and O–H groups in total. The molecule has 3 heterocycles. The fourth-order valence-corrected chi connectivity index (χ4v) is 2.11. The lowest BCUT2D eigenvalue weighted by Crippen LogP contribution is -2.26. The third-order valence-corrected chi connectivity index (χ3v) is 3.07. The van der Waals surface area contributed by atoms with Gasteiger partial charge in [-0.15, -0.1) is 0 Å². The smallest absolute Gasteiger partial charge is 0.244 e. The normalized spacial score (nSPS) is 20.6. The van der Waals surface area contributed by atoms with Crippen LogP contribution < -0.4 is 5.32 Å². The van der Waals surface area contributed by atoms with Crippen molar-refractivity contribution in [2.45, 2.75) is 25.3 Å². The topological polar surface area (TPSA) is 68.8 Å². The van der Waals surface area contributed by atoms with Crippen molar-refractivity contribution in [3.63, 3.8) is 0 Å². The summed E-state index contributed by atoms with van der Waals surface area (Å²) in [5.74, 6) is 1.96. The maximum absolute atomic E-state index is 5.31. The van der Waals surface area contributed by atoms with E-state index in [1.54, 1.807) is 6.20 Å². The van der Waals surface area contributed by atoms with Crippen molar-refractivity contribution < 1.29 is 4.52 Å². The van der Waals surface area contributed by atoms with Crippen LogP contribution in [-0.2, 0) is 7.05 Å². The highest BCUT2D eigenvalue weighted by molar-refractivity contribution is 5.42. The Bertz CT molecular complexity index is 497. The predicted molar refractivity (Wildman–Crippen MR) is 61.1 cm³/mol. The Balaban J connectivity index is 1.85. The van der Waals surface area contributed by atoms with Crippen LogP contribution in [0.5, 0.6) is 0 Å². The van der Waals surface area contributed by atoms with Gasteiger partial charge in [-0.05, 0) is 19.4 Å². The van der Waals surface area contributed by atoms with Gasteiger partial charge in [-0.3, -0.25) is 0 Å². The van der Waals surface area contributed by atoms with Crippen LogP contribution in [0.25, 0.3) is 11.6 Å². The summed E-state index contributed by atoms with van der Waals surface area (Å²) in [5.41, 5.74) is 0. The molecule has 1 aliphatic heterocycles. The highest BCUT2D eigenvalue weighted by atomic mass is 16.5. The molecule has 2 aromatic rings. The van der Waals surface area contributed by atoms with E-state index in [1.165, 1.54) is 12.8 Å². The molecule has 2 aromatic heterocycles. The van der Waals surface area contributed by atoms with E-state index in [0.29, 0.717) is 11.7 Å².